The van der Waals surface area contributed by atoms with E-state index in [9.17, 15) is 4.79 Å². The first-order chi connectivity index (χ1) is 8.38. The SMILES string of the molecule is COc1c(C(N)CCC(=O)O)cc(C)c(Br)c1C. The van der Waals surface area contributed by atoms with Crippen LogP contribution in [0.3, 0.4) is 0 Å². The Morgan fingerprint density at radius 3 is 2.67 bits per heavy atom. The van der Waals surface area contributed by atoms with Gasteiger partial charge in [0.25, 0.3) is 0 Å². The molecule has 5 heteroatoms. The molecule has 0 bridgehead atoms. The normalized spacial score (nSPS) is 12.3. The standard InChI is InChI=1S/C13H18BrNO3/c1-7-6-9(10(15)4-5-11(16)17)13(18-3)8(2)12(7)14/h6,10H,4-5,15H2,1-3H3,(H,16,17). The van der Waals surface area contributed by atoms with E-state index in [2.05, 4.69) is 15.9 Å². The molecule has 0 radical (unpaired) electrons. The number of carboxylic acid groups (broad SMARTS) is 1. The number of ether oxygens (including phenoxy) is 1. The van der Waals surface area contributed by atoms with Gasteiger partial charge in [0.2, 0.25) is 0 Å². The average molecular weight is 316 g/mol. The van der Waals surface area contributed by atoms with Gasteiger partial charge in [-0.15, -0.1) is 0 Å². The van der Waals surface area contributed by atoms with Crippen molar-refractivity contribution in [3.63, 3.8) is 0 Å². The van der Waals surface area contributed by atoms with Gasteiger partial charge in [0.15, 0.2) is 0 Å². The van der Waals surface area contributed by atoms with Crippen molar-refractivity contribution in [3.8, 4) is 5.75 Å². The van der Waals surface area contributed by atoms with Crippen molar-refractivity contribution in [2.45, 2.75) is 32.7 Å². The Morgan fingerprint density at radius 2 is 2.17 bits per heavy atom. The fourth-order valence-corrected chi connectivity index (χ4v) is 2.25. The van der Waals surface area contributed by atoms with Crippen LogP contribution in [0.2, 0.25) is 0 Å². The lowest BCUT2D eigenvalue weighted by atomic mass is 9.97. The van der Waals surface area contributed by atoms with Crippen molar-refractivity contribution in [2.24, 2.45) is 5.73 Å². The summed E-state index contributed by atoms with van der Waals surface area (Å²) in [5.41, 5.74) is 8.96. The van der Waals surface area contributed by atoms with Gasteiger partial charge in [-0.3, -0.25) is 4.79 Å². The van der Waals surface area contributed by atoms with E-state index in [1.54, 1.807) is 7.11 Å². The molecule has 1 unspecified atom stereocenters. The highest BCUT2D eigenvalue weighted by Crippen LogP contribution is 2.36. The van der Waals surface area contributed by atoms with E-state index < -0.39 is 5.97 Å². The van der Waals surface area contributed by atoms with Crippen molar-refractivity contribution >= 4 is 21.9 Å². The Balaban J connectivity index is 3.11. The number of carboxylic acids is 1. The van der Waals surface area contributed by atoms with Crippen LogP contribution in [0.1, 0.15) is 35.6 Å². The van der Waals surface area contributed by atoms with Gasteiger partial charge in [-0.2, -0.15) is 0 Å². The third-order valence-electron chi connectivity index (χ3n) is 2.92. The maximum atomic E-state index is 10.6. The molecule has 0 spiro atoms. The topological polar surface area (TPSA) is 72.5 Å². The summed E-state index contributed by atoms with van der Waals surface area (Å²) in [6.07, 6.45) is 0.449. The summed E-state index contributed by atoms with van der Waals surface area (Å²) in [6.45, 7) is 3.92. The monoisotopic (exact) mass is 315 g/mol. The zero-order chi connectivity index (χ0) is 13.9. The maximum absolute atomic E-state index is 10.6. The summed E-state index contributed by atoms with van der Waals surface area (Å²) in [5, 5.41) is 8.69. The number of benzene rings is 1. The van der Waals surface area contributed by atoms with E-state index in [4.69, 9.17) is 15.6 Å². The zero-order valence-corrected chi connectivity index (χ0v) is 12.4. The lowest BCUT2D eigenvalue weighted by molar-refractivity contribution is -0.137. The second-order valence-corrected chi connectivity index (χ2v) is 5.09. The summed E-state index contributed by atoms with van der Waals surface area (Å²) >= 11 is 3.50. The molecule has 0 aliphatic carbocycles. The van der Waals surface area contributed by atoms with E-state index in [1.807, 2.05) is 19.9 Å². The largest absolute Gasteiger partial charge is 0.496 e. The van der Waals surface area contributed by atoms with E-state index in [1.165, 1.54) is 0 Å². The summed E-state index contributed by atoms with van der Waals surface area (Å²) in [6, 6.07) is 1.61. The third kappa shape index (κ3) is 3.23. The Bertz CT molecular complexity index is 460. The predicted molar refractivity (Wildman–Crippen MR) is 74.0 cm³/mol. The molecule has 3 N–H and O–H groups in total. The molecule has 0 heterocycles. The van der Waals surface area contributed by atoms with Crippen molar-refractivity contribution < 1.29 is 14.6 Å². The van der Waals surface area contributed by atoms with E-state index in [0.717, 1.165) is 26.9 Å². The van der Waals surface area contributed by atoms with Crippen LogP contribution in [0.25, 0.3) is 0 Å². The van der Waals surface area contributed by atoms with E-state index in [0.29, 0.717) is 6.42 Å². The second kappa shape index (κ2) is 6.20. The molecule has 0 saturated carbocycles. The molecule has 100 valence electrons. The van der Waals surface area contributed by atoms with Crippen LogP contribution < -0.4 is 10.5 Å². The van der Waals surface area contributed by atoms with Crippen LogP contribution in [0.15, 0.2) is 10.5 Å². The molecule has 1 rings (SSSR count). The van der Waals surface area contributed by atoms with Crippen LogP contribution in [0.5, 0.6) is 5.75 Å². The molecule has 0 aromatic heterocycles. The Morgan fingerprint density at radius 1 is 1.56 bits per heavy atom. The van der Waals surface area contributed by atoms with Gasteiger partial charge in [0.1, 0.15) is 5.75 Å². The van der Waals surface area contributed by atoms with Gasteiger partial charge in [0, 0.05) is 28.1 Å². The zero-order valence-electron chi connectivity index (χ0n) is 10.8. The van der Waals surface area contributed by atoms with Gasteiger partial charge in [0.05, 0.1) is 7.11 Å². The van der Waals surface area contributed by atoms with Crippen LogP contribution in [0, 0.1) is 13.8 Å². The molecule has 4 nitrogen and oxygen atoms in total. The fraction of sp³-hybridized carbons (Fsp3) is 0.462. The second-order valence-electron chi connectivity index (χ2n) is 4.29. The Hall–Kier alpha value is -1.07. The summed E-state index contributed by atoms with van der Waals surface area (Å²) in [5.74, 6) is -0.111. The number of aliphatic carboxylic acids is 1. The molecule has 1 atom stereocenters. The van der Waals surface area contributed by atoms with Crippen molar-refractivity contribution in [3.05, 3.63) is 27.2 Å². The first kappa shape index (κ1) is 15.0. The summed E-state index contributed by atoms with van der Waals surface area (Å²) in [7, 11) is 1.59. The molecule has 1 aromatic carbocycles. The quantitative estimate of drug-likeness (QED) is 0.876. The summed E-state index contributed by atoms with van der Waals surface area (Å²) < 4.78 is 6.38. The fourth-order valence-electron chi connectivity index (χ4n) is 1.95. The smallest absolute Gasteiger partial charge is 0.303 e. The minimum absolute atomic E-state index is 0.0540. The van der Waals surface area contributed by atoms with Crippen molar-refractivity contribution in [1.29, 1.82) is 0 Å². The molecule has 0 fully saturated rings. The van der Waals surface area contributed by atoms with E-state index in [-0.39, 0.29) is 12.5 Å². The van der Waals surface area contributed by atoms with Gasteiger partial charge in [-0.05, 0) is 31.9 Å². The first-order valence-electron chi connectivity index (χ1n) is 5.69. The van der Waals surface area contributed by atoms with Crippen LogP contribution in [0.4, 0.5) is 0 Å². The molecule has 0 aliphatic rings. The number of carbonyl (C=O) groups is 1. The lowest BCUT2D eigenvalue weighted by Crippen LogP contribution is -2.14. The highest BCUT2D eigenvalue weighted by molar-refractivity contribution is 9.10. The van der Waals surface area contributed by atoms with Crippen molar-refractivity contribution in [1.82, 2.24) is 0 Å². The molecule has 0 amide bonds. The Kier molecular flexibility index (Phi) is 5.16. The molecule has 1 aromatic rings. The Labute approximate surface area is 115 Å². The molecule has 0 saturated heterocycles. The number of hydrogen-bond donors (Lipinski definition) is 2. The number of aryl methyl sites for hydroxylation is 1. The van der Waals surface area contributed by atoms with Gasteiger partial charge in [-0.1, -0.05) is 15.9 Å². The highest BCUT2D eigenvalue weighted by atomic mass is 79.9. The number of hydrogen-bond acceptors (Lipinski definition) is 3. The third-order valence-corrected chi connectivity index (χ3v) is 4.14. The van der Waals surface area contributed by atoms with E-state index >= 15 is 0 Å². The molecule has 0 aliphatic heterocycles. The number of nitrogens with two attached hydrogens (primary N) is 1. The van der Waals surface area contributed by atoms with Gasteiger partial charge in [-0.25, -0.2) is 0 Å². The van der Waals surface area contributed by atoms with Crippen molar-refractivity contribution in [2.75, 3.05) is 7.11 Å². The first-order valence-corrected chi connectivity index (χ1v) is 6.48. The predicted octanol–water partition coefficient (Wildman–Crippen LogP) is 2.94. The van der Waals surface area contributed by atoms with Gasteiger partial charge >= 0.3 is 5.97 Å². The number of methoxy groups -OCH3 is 1. The number of rotatable bonds is 5. The molecular formula is C13H18BrNO3. The van der Waals surface area contributed by atoms with Crippen LogP contribution >= 0.6 is 15.9 Å². The maximum Gasteiger partial charge on any atom is 0.303 e. The average Bonchev–Trinajstić information content (AvgIpc) is 2.32. The lowest BCUT2D eigenvalue weighted by Gasteiger charge is -2.19. The number of halogens is 1. The summed E-state index contributed by atoms with van der Waals surface area (Å²) in [4.78, 5) is 10.6. The highest BCUT2D eigenvalue weighted by Gasteiger charge is 2.18. The molecular weight excluding hydrogens is 298 g/mol. The van der Waals surface area contributed by atoms with Crippen LogP contribution in [-0.4, -0.2) is 18.2 Å². The van der Waals surface area contributed by atoms with Gasteiger partial charge < -0.3 is 15.6 Å². The van der Waals surface area contributed by atoms with Crippen LogP contribution in [-0.2, 0) is 4.79 Å². The minimum atomic E-state index is -0.838. The molecule has 18 heavy (non-hydrogen) atoms. The minimum Gasteiger partial charge on any atom is -0.496 e.